The summed E-state index contributed by atoms with van der Waals surface area (Å²) >= 11 is 0. The van der Waals surface area contributed by atoms with Crippen LogP contribution in [-0.4, -0.2) is 47.5 Å². The van der Waals surface area contributed by atoms with Crippen LogP contribution in [0.15, 0.2) is 41.5 Å². The Kier molecular flexibility index (Phi) is 6.75. The minimum Gasteiger partial charge on any atom is -0.455 e. The lowest BCUT2D eigenvalue weighted by molar-refractivity contribution is 0.0590. The second-order valence-electron chi connectivity index (χ2n) is 10.9. The van der Waals surface area contributed by atoms with E-state index in [0.717, 1.165) is 27.9 Å². The molecule has 1 amide bonds. The highest BCUT2D eigenvalue weighted by molar-refractivity contribution is 6.04. The summed E-state index contributed by atoms with van der Waals surface area (Å²) in [6.07, 6.45) is 3.49. The average molecular weight is 543 g/mol. The van der Waals surface area contributed by atoms with Crippen LogP contribution >= 0.6 is 0 Å². The monoisotopic (exact) mass is 542 g/mol. The third kappa shape index (κ3) is 4.86. The molecule has 0 radical (unpaired) electrons. The predicted octanol–water partition coefficient (Wildman–Crippen LogP) is 4.52. The molecular formula is C30H34N6O4. The van der Waals surface area contributed by atoms with Crippen molar-refractivity contribution in [1.82, 2.24) is 29.6 Å². The maximum atomic E-state index is 13.1. The van der Waals surface area contributed by atoms with Gasteiger partial charge in [-0.3, -0.25) is 19.3 Å². The van der Waals surface area contributed by atoms with Gasteiger partial charge in [0.15, 0.2) is 5.75 Å². The van der Waals surface area contributed by atoms with E-state index in [1.165, 1.54) is 4.57 Å². The number of aryl methyl sites for hydroxylation is 4. The molecule has 10 nitrogen and oxygen atoms in total. The maximum Gasteiger partial charge on any atom is 0.274 e. The molecule has 3 N–H and O–H groups in total. The van der Waals surface area contributed by atoms with Crippen LogP contribution in [0.5, 0.6) is 11.5 Å². The molecule has 0 spiro atoms. The van der Waals surface area contributed by atoms with Gasteiger partial charge >= 0.3 is 0 Å². The number of amides is 1. The summed E-state index contributed by atoms with van der Waals surface area (Å²) in [5.41, 5.74) is 4.06. The van der Waals surface area contributed by atoms with E-state index in [9.17, 15) is 14.7 Å². The maximum absolute atomic E-state index is 13.1. The van der Waals surface area contributed by atoms with Crippen molar-refractivity contribution in [2.24, 2.45) is 7.05 Å². The van der Waals surface area contributed by atoms with Crippen LogP contribution in [0, 0.1) is 20.8 Å². The second-order valence-corrected chi connectivity index (χ2v) is 10.9. The lowest BCUT2D eigenvalue weighted by Gasteiger charge is -2.19. The molecule has 0 saturated carbocycles. The highest BCUT2D eigenvalue weighted by atomic mass is 16.5. The number of rotatable bonds is 7. The van der Waals surface area contributed by atoms with Gasteiger partial charge in [0.05, 0.1) is 29.1 Å². The van der Waals surface area contributed by atoms with Crippen LogP contribution in [0.2, 0.25) is 0 Å². The number of aromatic nitrogens is 5. The molecule has 0 aliphatic heterocycles. The van der Waals surface area contributed by atoms with Crippen molar-refractivity contribution >= 4 is 27.7 Å². The van der Waals surface area contributed by atoms with E-state index >= 15 is 0 Å². The minimum atomic E-state index is -0.989. The zero-order valence-electron chi connectivity index (χ0n) is 23.8. The Morgan fingerprint density at radius 3 is 2.55 bits per heavy atom. The van der Waals surface area contributed by atoms with Crippen LogP contribution in [0.1, 0.15) is 48.2 Å². The molecule has 4 aromatic heterocycles. The van der Waals surface area contributed by atoms with E-state index in [0.29, 0.717) is 45.8 Å². The SMILES string of the molecule is CCNC(=O)c1cc2c(-c3cc4c(cc3Oc3c(C)ccnc3C)c(C)nn4CC(C)(C)O)cn(C)c(=O)c2[nH]1. The Labute approximate surface area is 231 Å². The molecule has 4 heterocycles. The van der Waals surface area contributed by atoms with E-state index in [1.54, 1.807) is 44.0 Å². The van der Waals surface area contributed by atoms with Gasteiger partial charge in [-0.1, -0.05) is 0 Å². The highest BCUT2D eigenvalue weighted by Crippen LogP contribution is 2.41. The fraction of sp³-hybridized carbons (Fsp3) is 0.333. The third-order valence-corrected chi connectivity index (χ3v) is 6.90. The first-order valence-electron chi connectivity index (χ1n) is 13.2. The number of benzene rings is 1. The van der Waals surface area contributed by atoms with Crippen molar-refractivity contribution < 1.29 is 14.6 Å². The number of ether oxygens (including phenoxy) is 1. The van der Waals surface area contributed by atoms with E-state index < -0.39 is 5.60 Å². The van der Waals surface area contributed by atoms with Gasteiger partial charge in [-0.2, -0.15) is 5.10 Å². The van der Waals surface area contributed by atoms with Gasteiger partial charge in [0.2, 0.25) is 0 Å². The number of carbonyl (C=O) groups excluding carboxylic acids is 1. The molecule has 40 heavy (non-hydrogen) atoms. The van der Waals surface area contributed by atoms with E-state index in [-0.39, 0.29) is 18.0 Å². The topological polar surface area (TPSA) is 127 Å². The summed E-state index contributed by atoms with van der Waals surface area (Å²) in [7, 11) is 1.68. The molecule has 1 aromatic carbocycles. The number of aromatic amines is 1. The molecule has 5 rings (SSSR count). The van der Waals surface area contributed by atoms with Gasteiger partial charge in [0, 0.05) is 47.9 Å². The molecule has 0 unspecified atom stereocenters. The summed E-state index contributed by atoms with van der Waals surface area (Å²) in [4.78, 5) is 33.2. The van der Waals surface area contributed by atoms with Crippen molar-refractivity contribution in [3.05, 3.63) is 69.7 Å². The van der Waals surface area contributed by atoms with Gasteiger partial charge in [-0.25, -0.2) is 0 Å². The minimum absolute atomic E-state index is 0.250. The van der Waals surface area contributed by atoms with Crippen molar-refractivity contribution in [1.29, 1.82) is 0 Å². The van der Waals surface area contributed by atoms with Crippen LogP contribution in [0.4, 0.5) is 0 Å². The number of hydrogen-bond acceptors (Lipinski definition) is 6. The molecule has 5 aromatic rings. The Bertz CT molecular complexity index is 1820. The van der Waals surface area contributed by atoms with Crippen LogP contribution < -0.4 is 15.6 Å². The zero-order chi connectivity index (χ0) is 28.9. The smallest absolute Gasteiger partial charge is 0.274 e. The number of H-pyrrole nitrogens is 1. The first kappa shape index (κ1) is 27.1. The van der Waals surface area contributed by atoms with E-state index in [4.69, 9.17) is 9.84 Å². The Morgan fingerprint density at radius 1 is 1.12 bits per heavy atom. The lowest BCUT2D eigenvalue weighted by atomic mass is 10.00. The highest BCUT2D eigenvalue weighted by Gasteiger charge is 2.23. The number of pyridine rings is 2. The number of fused-ring (bicyclic) bond motifs is 2. The van der Waals surface area contributed by atoms with E-state index in [1.807, 2.05) is 45.9 Å². The fourth-order valence-corrected chi connectivity index (χ4v) is 5.01. The predicted molar refractivity (Wildman–Crippen MR) is 155 cm³/mol. The Balaban J connectivity index is 1.83. The number of nitrogens with zero attached hydrogens (tertiary/aromatic N) is 4. The number of nitrogens with one attached hydrogen (secondary N) is 2. The number of hydrogen-bond donors (Lipinski definition) is 3. The number of aliphatic hydroxyl groups is 1. The quantitative estimate of drug-likeness (QED) is 0.278. The van der Waals surface area contributed by atoms with Crippen molar-refractivity contribution in [3.8, 4) is 22.6 Å². The molecule has 10 heteroatoms. The first-order valence-corrected chi connectivity index (χ1v) is 13.2. The molecular weight excluding hydrogens is 508 g/mol. The summed E-state index contributed by atoms with van der Waals surface area (Å²) in [6, 6.07) is 7.50. The number of carbonyl (C=O) groups is 1. The van der Waals surface area contributed by atoms with Gasteiger partial charge in [0.25, 0.3) is 11.5 Å². The molecule has 0 fully saturated rings. The van der Waals surface area contributed by atoms with Crippen molar-refractivity contribution in [3.63, 3.8) is 0 Å². The van der Waals surface area contributed by atoms with Gasteiger partial charge < -0.3 is 24.7 Å². The summed E-state index contributed by atoms with van der Waals surface area (Å²) in [6.45, 7) is 11.8. The normalized spacial score (nSPS) is 11.9. The van der Waals surface area contributed by atoms with E-state index in [2.05, 4.69) is 15.3 Å². The third-order valence-electron chi connectivity index (χ3n) is 6.90. The van der Waals surface area contributed by atoms with Crippen LogP contribution in [0.25, 0.3) is 32.9 Å². The molecule has 0 atom stereocenters. The molecule has 0 bridgehead atoms. The standard InChI is InChI=1S/C30H34N6O4/c1-8-31-28(37)23-11-21-22(14-35(7)29(38)26(21)33-23)20-12-24-19(17(3)34-36(24)15-30(5,6)39)13-25(20)40-27-16(2)9-10-32-18(27)4/h9-14,33,39H,8,15H2,1-7H3,(H,31,37). The van der Waals surface area contributed by atoms with Gasteiger partial charge in [-0.05, 0) is 71.4 Å². The average Bonchev–Trinajstić information content (AvgIpc) is 3.44. The van der Waals surface area contributed by atoms with Crippen LogP contribution in [-0.2, 0) is 13.6 Å². The fourth-order valence-electron chi connectivity index (χ4n) is 5.01. The van der Waals surface area contributed by atoms with Gasteiger partial charge in [0.1, 0.15) is 17.0 Å². The summed E-state index contributed by atoms with van der Waals surface area (Å²) in [5, 5.41) is 19.5. The Hall–Kier alpha value is -4.44. The zero-order valence-corrected chi connectivity index (χ0v) is 23.8. The van der Waals surface area contributed by atoms with Gasteiger partial charge in [-0.15, -0.1) is 0 Å². The molecule has 0 saturated heterocycles. The van der Waals surface area contributed by atoms with Crippen molar-refractivity contribution in [2.75, 3.05) is 6.54 Å². The Morgan fingerprint density at radius 2 is 1.88 bits per heavy atom. The molecule has 0 aliphatic rings. The lowest BCUT2D eigenvalue weighted by Crippen LogP contribution is -2.26. The summed E-state index contributed by atoms with van der Waals surface area (Å²) < 4.78 is 9.86. The van der Waals surface area contributed by atoms with Crippen molar-refractivity contribution in [2.45, 2.75) is 53.7 Å². The second kappa shape index (κ2) is 9.95. The van der Waals surface area contributed by atoms with Crippen LogP contribution in [0.3, 0.4) is 0 Å². The molecule has 208 valence electrons. The summed E-state index contributed by atoms with van der Waals surface area (Å²) in [5.74, 6) is 0.903. The largest absolute Gasteiger partial charge is 0.455 e. The first-order chi connectivity index (χ1) is 18.9. The molecule has 0 aliphatic carbocycles.